The van der Waals surface area contributed by atoms with Gasteiger partial charge in [0.05, 0.1) is 16.8 Å². The Kier molecular flexibility index (Phi) is 4.11. The number of hydrogen-bond acceptors (Lipinski definition) is 2. The molecule has 1 amide bonds. The van der Waals surface area contributed by atoms with Gasteiger partial charge in [0.1, 0.15) is 0 Å². The molecular formula is C13H14BrF3N2O. The van der Waals surface area contributed by atoms with Crippen LogP contribution in [0.4, 0.5) is 18.9 Å². The number of carbonyl (C=O) groups is 1. The van der Waals surface area contributed by atoms with Crippen LogP contribution in [-0.4, -0.2) is 18.0 Å². The molecule has 0 bridgehead atoms. The lowest BCUT2D eigenvalue weighted by Crippen LogP contribution is -2.48. The van der Waals surface area contributed by atoms with Crippen molar-refractivity contribution in [1.82, 2.24) is 5.32 Å². The second-order valence-electron chi connectivity index (χ2n) is 5.01. The highest BCUT2D eigenvalue weighted by Crippen LogP contribution is 2.34. The summed E-state index contributed by atoms with van der Waals surface area (Å²) in [4.78, 5) is 12.2. The Morgan fingerprint density at radius 1 is 1.45 bits per heavy atom. The van der Waals surface area contributed by atoms with Gasteiger partial charge in [-0.1, -0.05) is 0 Å². The number of rotatable bonds is 2. The Morgan fingerprint density at radius 2 is 2.15 bits per heavy atom. The summed E-state index contributed by atoms with van der Waals surface area (Å²) in [5, 5.41) is 5.62. The van der Waals surface area contributed by atoms with Gasteiger partial charge in [-0.05, 0) is 60.4 Å². The molecule has 1 aromatic carbocycles. The van der Waals surface area contributed by atoms with E-state index in [4.69, 9.17) is 0 Å². The number of carbonyl (C=O) groups excluding carboxylic acids is 1. The number of nitrogens with one attached hydrogen (secondary N) is 2. The fourth-order valence-corrected chi connectivity index (χ4v) is 2.49. The molecule has 0 radical (unpaired) electrons. The Bertz CT molecular complexity index is 525. The molecule has 110 valence electrons. The molecule has 0 spiro atoms. The summed E-state index contributed by atoms with van der Waals surface area (Å²) in [7, 11) is 0. The van der Waals surface area contributed by atoms with Crippen LogP contribution in [0.15, 0.2) is 22.7 Å². The molecule has 7 heteroatoms. The van der Waals surface area contributed by atoms with Crippen molar-refractivity contribution >= 4 is 27.5 Å². The van der Waals surface area contributed by atoms with Crippen LogP contribution >= 0.6 is 15.9 Å². The molecule has 1 atom stereocenters. The Labute approximate surface area is 123 Å². The normalized spacial score (nSPS) is 22.9. The first-order valence-electron chi connectivity index (χ1n) is 6.16. The molecule has 1 aromatic rings. The minimum Gasteiger partial charge on any atom is -0.323 e. The van der Waals surface area contributed by atoms with Crippen LogP contribution in [0.2, 0.25) is 0 Å². The van der Waals surface area contributed by atoms with Crippen molar-refractivity contribution in [2.75, 3.05) is 11.9 Å². The van der Waals surface area contributed by atoms with Gasteiger partial charge in [-0.25, -0.2) is 0 Å². The molecule has 1 aliphatic rings. The molecule has 20 heavy (non-hydrogen) atoms. The third kappa shape index (κ3) is 3.15. The molecule has 0 aromatic heterocycles. The fourth-order valence-electron chi connectivity index (χ4n) is 2.15. The van der Waals surface area contributed by atoms with Crippen molar-refractivity contribution in [2.45, 2.75) is 31.5 Å². The number of alkyl halides is 3. The van der Waals surface area contributed by atoms with Gasteiger partial charge in [-0.2, -0.15) is 13.2 Å². The van der Waals surface area contributed by atoms with Gasteiger partial charge in [0.2, 0.25) is 5.91 Å². The first kappa shape index (κ1) is 15.3. The summed E-state index contributed by atoms with van der Waals surface area (Å²) >= 11 is 3.15. The topological polar surface area (TPSA) is 41.1 Å². The zero-order valence-corrected chi connectivity index (χ0v) is 12.4. The molecule has 1 aliphatic heterocycles. The van der Waals surface area contributed by atoms with E-state index in [0.29, 0.717) is 10.9 Å². The van der Waals surface area contributed by atoms with E-state index in [2.05, 4.69) is 26.6 Å². The van der Waals surface area contributed by atoms with E-state index >= 15 is 0 Å². The van der Waals surface area contributed by atoms with Gasteiger partial charge in [0.25, 0.3) is 0 Å². The molecule has 1 saturated heterocycles. The highest BCUT2D eigenvalue weighted by atomic mass is 79.9. The largest absolute Gasteiger partial charge is 0.416 e. The quantitative estimate of drug-likeness (QED) is 0.856. The van der Waals surface area contributed by atoms with Gasteiger partial charge >= 0.3 is 6.18 Å². The summed E-state index contributed by atoms with van der Waals surface area (Å²) in [6, 6.07) is 3.18. The van der Waals surface area contributed by atoms with Crippen LogP contribution < -0.4 is 10.6 Å². The highest BCUT2D eigenvalue weighted by molar-refractivity contribution is 9.10. The van der Waals surface area contributed by atoms with Gasteiger partial charge in [0, 0.05) is 4.47 Å². The van der Waals surface area contributed by atoms with E-state index in [1.165, 1.54) is 6.07 Å². The molecule has 2 N–H and O–H groups in total. The van der Waals surface area contributed by atoms with Crippen LogP contribution in [0.1, 0.15) is 25.3 Å². The van der Waals surface area contributed by atoms with E-state index in [-0.39, 0.29) is 11.6 Å². The van der Waals surface area contributed by atoms with Crippen LogP contribution in [0.5, 0.6) is 0 Å². The van der Waals surface area contributed by atoms with Crippen molar-refractivity contribution < 1.29 is 18.0 Å². The summed E-state index contributed by atoms with van der Waals surface area (Å²) in [5.74, 6) is -0.324. The lowest BCUT2D eigenvalue weighted by Gasteiger charge is -2.23. The minimum absolute atomic E-state index is 0.125. The van der Waals surface area contributed by atoms with E-state index < -0.39 is 17.3 Å². The van der Waals surface area contributed by atoms with Crippen molar-refractivity contribution in [3.8, 4) is 0 Å². The lowest BCUT2D eigenvalue weighted by atomic mass is 9.99. The van der Waals surface area contributed by atoms with Crippen molar-refractivity contribution in [3.63, 3.8) is 0 Å². The van der Waals surface area contributed by atoms with Crippen molar-refractivity contribution in [1.29, 1.82) is 0 Å². The lowest BCUT2D eigenvalue weighted by molar-refractivity contribution is -0.137. The maximum absolute atomic E-state index is 12.7. The monoisotopic (exact) mass is 350 g/mol. The average molecular weight is 351 g/mol. The van der Waals surface area contributed by atoms with Gasteiger partial charge in [-0.15, -0.1) is 0 Å². The smallest absolute Gasteiger partial charge is 0.323 e. The van der Waals surface area contributed by atoms with Crippen LogP contribution in [0.25, 0.3) is 0 Å². The van der Waals surface area contributed by atoms with Crippen LogP contribution in [0, 0.1) is 0 Å². The van der Waals surface area contributed by atoms with Crippen molar-refractivity contribution in [2.24, 2.45) is 0 Å². The number of benzene rings is 1. The first-order chi connectivity index (χ1) is 9.22. The molecule has 1 fully saturated rings. The molecule has 2 rings (SSSR count). The van der Waals surface area contributed by atoms with E-state index in [9.17, 15) is 18.0 Å². The molecule has 0 aliphatic carbocycles. The van der Waals surface area contributed by atoms with Gasteiger partial charge in [-0.3, -0.25) is 4.79 Å². The van der Waals surface area contributed by atoms with E-state index in [1.54, 1.807) is 6.92 Å². The first-order valence-corrected chi connectivity index (χ1v) is 6.95. The fraction of sp³-hybridized carbons (Fsp3) is 0.462. The minimum atomic E-state index is -4.43. The maximum atomic E-state index is 12.7. The van der Waals surface area contributed by atoms with Crippen molar-refractivity contribution in [3.05, 3.63) is 28.2 Å². The third-order valence-electron chi connectivity index (χ3n) is 3.41. The Morgan fingerprint density at radius 3 is 2.70 bits per heavy atom. The Hall–Kier alpha value is -1.08. The molecule has 0 saturated carbocycles. The predicted octanol–water partition coefficient (Wildman–Crippen LogP) is 3.55. The standard InChI is InChI=1S/C13H14BrF3N2O/c1-12(5-2-6-18-12)11(20)19-10-7-8(13(15,16)17)3-4-9(10)14/h3-4,7,18H,2,5-6H2,1H3,(H,19,20). The zero-order chi connectivity index (χ0) is 15.0. The summed E-state index contributed by atoms with van der Waals surface area (Å²) < 4.78 is 38.4. The maximum Gasteiger partial charge on any atom is 0.416 e. The highest BCUT2D eigenvalue weighted by Gasteiger charge is 2.36. The summed E-state index contributed by atoms with van der Waals surface area (Å²) in [6.07, 6.45) is -2.90. The zero-order valence-electron chi connectivity index (χ0n) is 10.8. The van der Waals surface area contributed by atoms with E-state index in [1.807, 2.05) is 0 Å². The Balaban J connectivity index is 2.22. The number of hydrogen-bond donors (Lipinski definition) is 2. The van der Waals surface area contributed by atoms with Crippen LogP contribution in [-0.2, 0) is 11.0 Å². The summed E-state index contributed by atoms with van der Waals surface area (Å²) in [6.45, 7) is 2.48. The van der Waals surface area contributed by atoms with Crippen LogP contribution in [0.3, 0.4) is 0 Å². The molecule has 3 nitrogen and oxygen atoms in total. The second kappa shape index (κ2) is 5.37. The third-order valence-corrected chi connectivity index (χ3v) is 4.10. The number of halogens is 4. The SMILES string of the molecule is CC1(C(=O)Nc2cc(C(F)(F)F)ccc2Br)CCCN1. The molecule has 1 unspecified atom stereocenters. The molecule has 1 heterocycles. The molecular weight excluding hydrogens is 337 g/mol. The van der Waals surface area contributed by atoms with Gasteiger partial charge < -0.3 is 10.6 Å². The predicted molar refractivity (Wildman–Crippen MR) is 73.4 cm³/mol. The number of amides is 1. The van der Waals surface area contributed by atoms with Gasteiger partial charge in [0.15, 0.2) is 0 Å². The summed E-state index contributed by atoms with van der Waals surface area (Å²) in [5.41, 5.74) is -1.39. The average Bonchev–Trinajstić information content (AvgIpc) is 2.79. The number of anilines is 1. The van der Waals surface area contributed by atoms with E-state index in [0.717, 1.165) is 25.1 Å². The second-order valence-corrected chi connectivity index (χ2v) is 5.86.